The van der Waals surface area contributed by atoms with Gasteiger partial charge in [0.05, 0.1) is 12.7 Å². The lowest BCUT2D eigenvalue weighted by Gasteiger charge is -2.54. The molecule has 1 aliphatic carbocycles. The van der Waals surface area contributed by atoms with Crippen molar-refractivity contribution in [3.63, 3.8) is 0 Å². The highest BCUT2D eigenvalue weighted by atomic mass is 127. The number of hydrogen-bond donors (Lipinski definition) is 2. The molecular formula is C14H28IN3O2. The van der Waals surface area contributed by atoms with E-state index in [2.05, 4.69) is 29.5 Å². The van der Waals surface area contributed by atoms with Crippen molar-refractivity contribution in [2.45, 2.75) is 39.3 Å². The Balaban J connectivity index is 0.00000200. The first-order valence-electron chi connectivity index (χ1n) is 7.27. The van der Waals surface area contributed by atoms with Gasteiger partial charge in [-0.2, -0.15) is 0 Å². The van der Waals surface area contributed by atoms with Gasteiger partial charge in [0.15, 0.2) is 5.96 Å². The van der Waals surface area contributed by atoms with Crippen molar-refractivity contribution in [1.29, 1.82) is 0 Å². The van der Waals surface area contributed by atoms with E-state index in [0.717, 1.165) is 32.1 Å². The van der Waals surface area contributed by atoms with E-state index >= 15 is 0 Å². The number of ether oxygens (including phenoxy) is 2. The van der Waals surface area contributed by atoms with E-state index in [1.807, 2.05) is 14.0 Å². The largest absolute Gasteiger partial charge is 0.380 e. The van der Waals surface area contributed by atoms with Crippen LogP contribution in [0.5, 0.6) is 0 Å². The summed E-state index contributed by atoms with van der Waals surface area (Å²) in [7, 11) is 1.81. The fourth-order valence-electron chi connectivity index (χ4n) is 3.35. The third-order valence-corrected chi connectivity index (χ3v) is 4.36. The highest BCUT2D eigenvalue weighted by Gasteiger charge is 2.59. The van der Waals surface area contributed by atoms with Gasteiger partial charge in [-0.3, -0.25) is 4.99 Å². The van der Waals surface area contributed by atoms with Gasteiger partial charge < -0.3 is 20.1 Å². The van der Waals surface area contributed by atoms with Gasteiger partial charge in [-0.25, -0.2) is 0 Å². The summed E-state index contributed by atoms with van der Waals surface area (Å²) in [6, 6.07) is 0.443. The molecule has 2 N–H and O–H groups in total. The molecule has 3 unspecified atom stereocenters. The molecular weight excluding hydrogens is 369 g/mol. The van der Waals surface area contributed by atoms with E-state index in [0.29, 0.717) is 24.7 Å². The summed E-state index contributed by atoms with van der Waals surface area (Å²) in [5, 5.41) is 6.84. The Morgan fingerprint density at radius 1 is 1.45 bits per heavy atom. The molecule has 0 aromatic heterocycles. The number of hydrogen-bond acceptors (Lipinski definition) is 3. The van der Waals surface area contributed by atoms with Crippen LogP contribution < -0.4 is 10.6 Å². The standard InChI is InChI=1S/C14H27N3O2.HI/c1-5-18-9-7-16-13(15-4)17-11-10-6-8-19-12(10)14(11,2)3;/h10-12H,5-9H2,1-4H3,(H2,15,16,17);1H. The van der Waals surface area contributed by atoms with Crippen molar-refractivity contribution >= 4 is 29.9 Å². The quantitative estimate of drug-likeness (QED) is 0.321. The van der Waals surface area contributed by atoms with Gasteiger partial charge in [-0.1, -0.05) is 13.8 Å². The minimum absolute atomic E-state index is 0. The second-order valence-electron chi connectivity index (χ2n) is 5.88. The van der Waals surface area contributed by atoms with Crippen LogP contribution in [-0.2, 0) is 9.47 Å². The van der Waals surface area contributed by atoms with Crippen molar-refractivity contribution in [3.8, 4) is 0 Å². The van der Waals surface area contributed by atoms with Gasteiger partial charge in [0.2, 0.25) is 0 Å². The van der Waals surface area contributed by atoms with Gasteiger partial charge in [0.1, 0.15) is 0 Å². The Kier molecular flexibility index (Phi) is 7.00. The zero-order valence-corrected chi connectivity index (χ0v) is 15.3. The van der Waals surface area contributed by atoms with Crippen molar-refractivity contribution < 1.29 is 9.47 Å². The van der Waals surface area contributed by atoms with E-state index in [4.69, 9.17) is 9.47 Å². The van der Waals surface area contributed by atoms with Crippen LogP contribution in [0, 0.1) is 11.3 Å². The lowest BCUT2D eigenvalue weighted by atomic mass is 9.57. The highest BCUT2D eigenvalue weighted by molar-refractivity contribution is 14.0. The lowest BCUT2D eigenvalue weighted by Crippen LogP contribution is -2.68. The fraction of sp³-hybridized carbons (Fsp3) is 0.929. The third-order valence-electron chi connectivity index (χ3n) is 4.36. The molecule has 1 saturated heterocycles. The van der Waals surface area contributed by atoms with E-state index in [9.17, 15) is 0 Å². The Labute approximate surface area is 139 Å². The van der Waals surface area contributed by atoms with Gasteiger partial charge in [0, 0.05) is 44.2 Å². The van der Waals surface area contributed by atoms with Crippen molar-refractivity contribution in [2.24, 2.45) is 16.3 Å². The molecule has 3 atom stereocenters. The van der Waals surface area contributed by atoms with Crippen molar-refractivity contribution in [1.82, 2.24) is 10.6 Å². The number of halogens is 1. The number of nitrogens with one attached hydrogen (secondary N) is 2. The van der Waals surface area contributed by atoms with Crippen LogP contribution in [0.2, 0.25) is 0 Å². The molecule has 1 saturated carbocycles. The summed E-state index contributed by atoms with van der Waals surface area (Å²) < 4.78 is 11.1. The molecule has 1 heterocycles. The molecule has 0 aromatic rings. The highest BCUT2D eigenvalue weighted by Crippen LogP contribution is 2.51. The van der Waals surface area contributed by atoms with Crippen molar-refractivity contribution in [2.75, 3.05) is 33.4 Å². The van der Waals surface area contributed by atoms with E-state index < -0.39 is 0 Å². The Morgan fingerprint density at radius 2 is 2.20 bits per heavy atom. The molecule has 0 bridgehead atoms. The second kappa shape index (κ2) is 7.79. The summed E-state index contributed by atoms with van der Waals surface area (Å²) in [6.07, 6.45) is 1.56. The molecule has 2 fully saturated rings. The molecule has 0 aromatic carbocycles. The Bertz CT molecular complexity index is 336. The summed E-state index contributed by atoms with van der Waals surface area (Å²) in [5.41, 5.74) is 0.179. The molecule has 1 aliphatic heterocycles. The SMILES string of the molecule is CCOCCNC(=NC)NC1C2CCOC2C1(C)C.I. The number of guanidine groups is 1. The number of rotatable bonds is 5. The predicted molar refractivity (Wildman–Crippen MR) is 91.8 cm³/mol. The molecule has 5 nitrogen and oxygen atoms in total. The van der Waals surface area contributed by atoms with Gasteiger partial charge >= 0.3 is 0 Å². The monoisotopic (exact) mass is 397 g/mol. The van der Waals surface area contributed by atoms with Crippen LogP contribution in [0.3, 0.4) is 0 Å². The van der Waals surface area contributed by atoms with Crippen LogP contribution in [0.4, 0.5) is 0 Å². The molecule has 6 heteroatoms. The predicted octanol–water partition coefficient (Wildman–Crippen LogP) is 1.62. The van der Waals surface area contributed by atoms with Gasteiger partial charge in [0.25, 0.3) is 0 Å². The first kappa shape index (κ1) is 18.0. The lowest BCUT2D eigenvalue weighted by molar-refractivity contribution is -0.106. The first-order valence-corrected chi connectivity index (χ1v) is 7.27. The van der Waals surface area contributed by atoms with Crippen LogP contribution in [0.1, 0.15) is 27.2 Å². The average Bonchev–Trinajstić information content (AvgIpc) is 2.84. The number of aliphatic imine (C=N–C) groups is 1. The molecule has 2 aliphatic rings. The zero-order valence-electron chi connectivity index (χ0n) is 12.9. The van der Waals surface area contributed by atoms with Crippen LogP contribution in [-0.4, -0.2) is 51.5 Å². The molecule has 118 valence electrons. The number of fused-ring (bicyclic) bond motifs is 1. The molecule has 0 spiro atoms. The minimum atomic E-state index is 0. The maximum absolute atomic E-state index is 5.81. The van der Waals surface area contributed by atoms with Crippen LogP contribution >= 0.6 is 24.0 Å². The topological polar surface area (TPSA) is 54.9 Å². The summed E-state index contributed by atoms with van der Waals surface area (Å²) in [6.45, 7) is 9.68. The summed E-state index contributed by atoms with van der Waals surface area (Å²) in [4.78, 5) is 4.29. The smallest absolute Gasteiger partial charge is 0.191 e. The summed E-state index contributed by atoms with van der Waals surface area (Å²) in [5.74, 6) is 1.49. The zero-order chi connectivity index (χ0) is 13.9. The minimum Gasteiger partial charge on any atom is -0.380 e. The maximum atomic E-state index is 5.81. The fourth-order valence-corrected chi connectivity index (χ4v) is 3.35. The second-order valence-corrected chi connectivity index (χ2v) is 5.88. The van der Waals surface area contributed by atoms with Gasteiger partial charge in [-0.15, -0.1) is 24.0 Å². The normalized spacial score (nSPS) is 31.0. The summed E-state index contributed by atoms with van der Waals surface area (Å²) >= 11 is 0. The Hall–Kier alpha value is -0.0800. The van der Waals surface area contributed by atoms with Crippen molar-refractivity contribution in [3.05, 3.63) is 0 Å². The van der Waals surface area contributed by atoms with E-state index in [-0.39, 0.29) is 29.4 Å². The molecule has 2 rings (SSSR count). The van der Waals surface area contributed by atoms with Crippen LogP contribution in [0.15, 0.2) is 4.99 Å². The third kappa shape index (κ3) is 3.57. The molecule has 0 amide bonds. The molecule has 20 heavy (non-hydrogen) atoms. The van der Waals surface area contributed by atoms with E-state index in [1.165, 1.54) is 0 Å². The van der Waals surface area contributed by atoms with Crippen LogP contribution in [0.25, 0.3) is 0 Å². The first-order chi connectivity index (χ1) is 9.11. The van der Waals surface area contributed by atoms with E-state index in [1.54, 1.807) is 0 Å². The Morgan fingerprint density at radius 3 is 2.85 bits per heavy atom. The number of nitrogens with zero attached hydrogens (tertiary/aromatic N) is 1. The average molecular weight is 397 g/mol. The maximum Gasteiger partial charge on any atom is 0.191 e. The van der Waals surface area contributed by atoms with Gasteiger partial charge in [-0.05, 0) is 13.3 Å². The molecule has 0 radical (unpaired) electrons.